The maximum atomic E-state index is 5.91. The molecule has 0 spiro atoms. The van der Waals surface area contributed by atoms with Crippen LogP contribution in [0.2, 0.25) is 5.02 Å². The molecule has 0 saturated heterocycles. The van der Waals surface area contributed by atoms with Crippen molar-refractivity contribution in [3.05, 3.63) is 71.4 Å². The molecule has 3 heteroatoms. The van der Waals surface area contributed by atoms with Gasteiger partial charge in [-0.05, 0) is 37.3 Å². The van der Waals surface area contributed by atoms with Gasteiger partial charge in [0.25, 0.3) is 0 Å². The molecule has 19 heavy (non-hydrogen) atoms. The summed E-state index contributed by atoms with van der Waals surface area (Å²) >= 11 is 5.91. The molecule has 0 aliphatic rings. The van der Waals surface area contributed by atoms with Crippen LogP contribution in [0, 0.1) is 6.92 Å². The van der Waals surface area contributed by atoms with Crippen LogP contribution in [0.25, 0.3) is 16.9 Å². The van der Waals surface area contributed by atoms with Gasteiger partial charge in [0.1, 0.15) is 0 Å². The third-order valence-corrected chi connectivity index (χ3v) is 3.28. The Morgan fingerprint density at radius 3 is 2.32 bits per heavy atom. The first-order valence-electron chi connectivity index (χ1n) is 6.12. The number of rotatable bonds is 2. The van der Waals surface area contributed by atoms with Crippen LogP contribution >= 0.6 is 11.6 Å². The SMILES string of the molecule is Cc1cc(-c2ccc(Cl)cc2)nn1-c1ccccc1. The minimum atomic E-state index is 0.739. The Morgan fingerprint density at radius 2 is 1.63 bits per heavy atom. The average Bonchev–Trinajstić information content (AvgIpc) is 2.83. The molecule has 0 N–H and O–H groups in total. The molecule has 0 unspecified atom stereocenters. The second-order valence-electron chi connectivity index (χ2n) is 4.43. The van der Waals surface area contributed by atoms with Crippen LogP contribution in [-0.4, -0.2) is 9.78 Å². The van der Waals surface area contributed by atoms with Crippen molar-refractivity contribution >= 4 is 11.6 Å². The van der Waals surface area contributed by atoms with Gasteiger partial charge in [-0.25, -0.2) is 4.68 Å². The van der Waals surface area contributed by atoms with E-state index >= 15 is 0 Å². The van der Waals surface area contributed by atoms with Crippen LogP contribution < -0.4 is 0 Å². The van der Waals surface area contributed by atoms with E-state index in [9.17, 15) is 0 Å². The lowest BCUT2D eigenvalue weighted by Gasteiger charge is -2.03. The molecule has 2 aromatic carbocycles. The molecule has 94 valence electrons. The molecule has 0 atom stereocenters. The monoisotopic (exact) mass is 268 g/mol. The quantitative estimate of drug-likeness (QED) is 0.669. The largest absolute Gasteiger partial charge is 0.237 e. The van der Waals surface area contributed by atoms with Crippen molar-refractivity contribution in [1.82, 2.24) is 9.78 Å². The highest BCUT2D eigenvalue weighted by molar-refractivity contribution is 6.30. The molecule has 0 radical (unpaired) electrons. The molecule has 0 fully saturated rings. The smallest absolute Gasteiger partial charge is 0.0930 e. The normalized spacial score (nSPS) is 10.6. The number of benzene rings is 2. The number of para-hydroxylation sites is 1. The third-order valence-electron chi connectivity index (χ3n) is 3.03. The van der Waals surface area contributed by atoms with Crippen LogP contribution in [0.5, 0.6) is 0 Å². The van der Waals surface area contributed by atoms with Gasteiger partial charge in [0.2, 0.25) is 0 Å². The highest BCUT2D eigenvalue weighted by atomic mass is 35.5. The summed E-state index contributed by atoms with van der Waals surface area (Å²) < 4.78 is 1.95. The summed E-state index contributed by atoms with van der Waals surface area (Å²) in [5, 5.41) is 5.39. The highest BCUT2D eigenvalue weighted by Gasteiger charge is 2.07. The van der Waals surface area contributed by atoms with Crippen LogP contribution in [-0.2, 0) is 0 Å². The first-order chi connectivity index (χ1) is 9.24. The Hall–Kier alpha value is -2.06. The first-order valence-corrected chi connectivity index (χ1v) is 6.50. The summed E-state index contributed by atoms with van der Waals surface area (Å²) in [6.45, 7) is 2.05. The van der Waals surface area contributed by atoms with E-state index in [0.29, 0.717) is 0 Å². The Morgan fingerprint density at radius 1 is 0.947 bits per heavy atom. The van der Waals surface area contributed by atoms with E-state index in [1.54, 1.807) is 0 Å². The molecule has 3 rings (SSSR count). The summed E-state index contributed by atoms with van der Waals surface area (Å²) in [5.74, 6) is 0. The van der Waals surface area contributed by atoms with E-state index in [4.69, 9.17) is 11.6 Å². The van der Waals surface area contributed by atoms with Crippen LogP contribution in [0.3, 0.4) is 0 Å². The zero-order valence-electron chi connectivity index (χ0n) is 10.5. The summed E-state index contributed by atoms with van der Waals surface area (Å²) in [6, 6.07) is 19.9. The van der Waals surface area contributed by atoms with Gasteiger partial charge in [-0.15, -0.1) is 0 Å². The maximum absolute atomic E-state index is 5.91. The van der Waals surface area contributed by atoms with Crippen molar-refractivity contribution in [1.29, 1.82) is 0 Å². The summed E-state index contributed by atoms with van der Waals surface area (Å²) in [5.41, 5.74) is 4.21. The molecule has 3 aromatic rings. The standard InChI is InChI=1S/C16H13ClN2/c1-12-11-16(13-7-9-14(17)10-8-13)18-19(12)15-5-3-2-4-6-15/h2-11H,1H3. The fourth-order valence-corrected chi connectivity index (χ4v) is 2.19. The molecule has 1 heterocycles. The van der Waals surface area contributed by atoms with Crippen molar-refractivity contribution in [2.45, 2.75) is 6.92 Å². The summed E-state index contributed by atoms with van der Waals surface area (Å²) in [4.78, 5) is 0. The van der Waals surface area contributed by atoms with Gasteiger partial charge in [-0.2, -0.15) is 5.10 Å². The molecule has 0 aliphatic carbocycles. The second kappa shape index (κ2) is 4.90. The first kappa shape index (κ1) is 12.0. The van der Waals surface area contributed by atoms with Crippen molar-refractivity contribution in [2.75, 3.05) is 0 Å². The van der Waals surface area contributed by atoms with Crippen LogP contribution in [0.4, 0.5) is 0 Å². The van der Waals surface area contributed by atoms with Gasteiger partial charge in [0, 0.05) is 16.3 Å². The molecule has 0 bridgehead atoms. The van der Waals surface area contributed by atoms with E-state index in [-0.39, 0.29) is 0 Å². The lowest BCUT2D eigenvalue weighted by molar-refractivity contribution is 0.850. The van der Waals surface area contributed by atoms with Crippen molar-refractivity contribution in [2.24, 2.45) is 0 Å². The predicted octanol–water partition coefficient (Wildman–Crippen LogP) is 4.50. The fourth-order valence-electron chi connectivity index (χ4n) is 2.07. The van der Waals surface area contributed by atoms with E-state index in [0.717, 1.165) is 27.7 Å². The van der Waals surface area contributed by atoms with Gasteiger partial charge in [0.05, 0.1) is 11.4 Å². The maximum Gasteiger partial charge on any atom is 0.0930 e. The van der Waals surface area contributed by atoms with Gasteiger partial charge in [-0.3, -0.25) is 0 Å². The van der Waals surface area contributed by atoms with Gasteiger partial charge in [0.15, 0.2) is 0 Å². The number of hydrogen-bond donors (Lipinski definition) is 0. The number of aryl methyl sites for hydroxylation is 1. The van der Waals surface area contributed by atoms with Crippen molar-refractivity contribution in [3.63, 3.8) is 0 Å². The van der Waals surface area contributed by atoms with E-state index in [1.807, 2.05) is 59.3 Å². The Balaban J connectivity index is 2.04. The zero-order valence-corrected chi connectivity index (χ0v) is 11.3. The van der Waals surface area contributed by atoms with Crippen LogP contribution in [0.1, 0.15) is 5.69 Å². The Labute approximate surface area is 117 Å². The topological polar surface area (TPSA) is 17.8 Å². The lowest BCUT2D eigenvalue weighted by Crippen LogP contribution is -1.98. The van der Waals surface area contributed by atoms with Gasteiger partial charge in [-0.1, -0.05) is 41.9 Å². The molecule has 1 aromatic heterocycles. The predicted molar refractivity (Wildman–Crippen MR) is 78.7 cm³/mol. The fraction of sp³-hybridized carbons (Fsp3) is 0.0625. The average molecular weight is 269 g/mol. The van der Waals surface area contributed by atoms with E-state index in [1.165, 1.54) is 0 Å². The molecular weight excluding hydrogens is 256 g/mol. The molecule has 0 saturated carbocycles. The molecule has 0 amide bonds. The summed E-state index contributed by atoms with van der Waals surface area (Å²) in [7, 11) is 0. The van der Waals surface area contributed by atoms with Crippen LogP contribution in [0.15, 0.2) is 60.7 Å². The lowest BCUT2D eigenvalue weighted by atomic mass is 10.1. The van der Waals surface area contributed by atoms with Gasteiger partial charge >= 0.3 is 0 Å². The van der Waals surface area contributed by atoms with Gasteiger partial charge < -0.3 is 0 Å². The molecule has 2 nitrogen and oxygen atoms in total. The van der Waals surface area contributed by atoms with Crippen molar-refractivity contribution in [3.8, 4) is 16.9 Å². The summed E-state index contributed by atoms with van der Waals surface area (Å²) in [6.07, 6.45) is 0. The Kier molecular flexibility index (Phi) is 3.10. The van der Waals surface area contributed by atoms with Crippen molar-refractivity contribution < 1.29 is 0 Å². The minimum Gasteiger partial charge on any atom is -0.237 e. The number of halogens is 1. The number of nitrogens with zero attached hydrogens (tertiary/aromatic N) is 2. The molecular formula is C16H13ClN2. The third kappa shape index (κ3) is 2.40. The van der Waals surface area contributed by atoms with E-state index < -0.39 is 0 Å². The number of hydrogen-bond acceptors (Lipinski definition) is 1. The van der Waals surface area contributed by atoms with E-state index in [2.05, 4.69) is 18.1 Å². The Bertz CT molecular complexity index is 685. The zero-order chi connectivity index (χ0) is 13.2. The minimum absolute atomic E-state index is 0.739. The highest BCUT2D eigenvalue weighted by Crippen LogP contribution is 2.22. The molecule has 0 aliphatic heterocycles. The second-order valence-corrected chi connectivity index (χ2v) is 4.86. The number of aromatic nitrogens is 2.